The lowest BCUT2D eigenvalue weighted by Gasteiger charge is -2.42. The van der Waals surface area contributed by atoms with Gasteiger partial charge in [0.25, 0.3) is 0 Å². The van der Waals surface area contributed by atoms with Crippen molar-refractivity contribution in [2.24, 2.45) is 0 Å². The molecular formula is C28H28ClNO. The normalized spacial score (nSPS) is 25.9. The van der Waals surface area contributed by atoms with Crippen molar-refractivity contribution in [1.82, 2.24) is 4.90 Å². The van der Waals surface area contributed by atoms with Crippen LogP contribution in [0.5, 0.6) is 0 Å². The van der Waals surface area contributed by atoms with E-state index >= 15 is 0 Å². The van der Waals surface area contributed by atoms with Gasteiger partial charge in [0.1, 0.15) is 0 Å². The Labute approximate surface area is 189 Å². The fourth-order valence-corrected chi connectivity index (χ4v) is 6.60. The number of nitrogens with zero attached hydrogens (tertiary/aromatic N) is 1. The molecule has 3 heteroatoms. The first-order chi connectivity index (χ1) is 15.1. The van der Waals surface area contributed by atoms with E-state index in [0.29, 0.717) is 12.3 Å². The molecule has 3 aromatic rings. The lowest BCUT2D eigenvalue weighted by atomic mass is 9.74. The Balaban J connectivity index is 1.22. The number of hydrogen-bond acceptors (Lipinski definition) is 2. The average molecular weight is 430 g/mol. The second-order valence-corrected chi connectivity index (χ2v) is 10.3. The molecule has 1 N–H and O–H groups in total. The van der Waals surface area contributed by atoms with Crippen LogP contribution in [0.15, 0.2) is 72.8 Å². The molecular weight excluding hydrogens is 402 g/mol. The second-order valence-electron chi connectivity index (χ2n) is 9.82. The van der Waals surface area contributed by atoms with Crippen LogP contribution >= 0.6 is 11.6 Å². The highest BCUT2D eigenvalue weighted by Crippen LogP contribution is 2.60. The van der Waals surface area contributed by atoms with Crippen LogP contribution in [-0.4, -0.2) is 35.2 Å². The van der Waals surface area contributed by atoms with Crippen molar-refractivity contribution in [2.45, 2.75) is 42.6 Å². The quantitative estimate of drug-likeness (QED) is 0.588. The first kappa shape index (κ1) is 19.5. The molecule has 1 saturated heterocycles. The predicted octanol–water partition coefficient (Wildman–Crippen LogP) is 5.54. The van der Waals surface area contributed by atoms with Crippen molar-refractivity contribution in [1.29, 1.82) is 0 Å². The van der Waals surface area contributed by atoms with Gasteiger partial charge < -0.3 is 10.0 Å². The van der Waals surface area contributed by atoms with E-state index in [4.69, 9.17) is 11.6 Å². The summed E-state index contributed by atoms with van der Waals surface area (Å²) in [5.41, 5.74) is 6.75. The molecule has 0 amide bonds. The van der Waals surface area contributed by atoms with Gasteiger partial charge in [0.2, 0.25) is 0 Å². The minimum absolute atomic E-state index is 0.101. The zero-order valence-corrected chi connectivity index (χ0v) is 18.5. The minimum atomic E-state index is -0.619. The smallest absolute Gasteiger partial charge is 0.0712 e. The summed E-state index contributed by atoms with van der Waals surface area (Å²) in [7, 11) is 0. The van der Waals surface area contributed by atoms with E-state index in [2.05, 4.69) is 53.4 Å². The zero-order chi connectivity index (χ0) is 21.1. The molecule has 3 aromatic carbocycles. The number of benzene rings is 3. The highest BCUT2D eigenvalue weighted by Gasteiger charge is 2.53. The predicted molar refractivity (Wildman–Crippen MR) is 126 cm³/mol. The first-order valence-corrected chi connectivity index (χ1v) is 11.8. The van der Waals surface area contributed by atoms with Crippen LogP contribution < -0.4 is 0 Å². The molecule has 0 aromatic heterocycles. The summed E-state index contributed by atoms with van der Waals surface area (Å²) in [6, 6.07) is 26.1. The highest BCUT2D eigenvalue weighted by molar-refractivity contribution is 6.30. The SMILES string of the molecule is OC1(Cc2ccc(Cl)cc2)CCN(CC23CC(c4ccccc42)c2ccccc23)CC1. The van der Waals surface area contributed by atoms with Crippen LogP contribution in [0.1, 0.15) is 53.0 Å². The van der Waals surface area contributed by atoms with Crippen molar-refractivity contribution in [3.05, 3.63) is 106 Å². The molecule has 3 aliphatic rings. The van der Waals surface area contributed by atoms with Gasteiger partial charge in [-0.25, -0.2) is 0 Å². The highest BCUT2D eigenvalue weighted by atomic mass is 35.5. The maximum absolute atomic E-state index is 11.3. The number of fused-ring (bicyclic) bond motifs is 8. The topological polar surface area (TPSA) is 23.5 Å². The van der Waals surface area contributed by atoms with Crippen molar-refractivity contribution < 1.29 is 5.11 Å². The summed E-state index contributed by atoms with van der Waals surface area (Å²) in [6.07, 6.45) is 3.53. The van der Waals surface area contributed by atoms with E-state index in [-0.39, 0.29) is 5.41 Å². The molecule has 2 bridgehead atoms. The fraction of sp³-hybridized carbons (Fsp3) is 0.357. The maximum Gasteiger partial charge on any atom is 0.0712 e. The molecule has 0 spiro atoms. The van der Waals surface area contributed by atoms with E-state index in [1.54, 1.807) is 0 Å². The van der Waals surface area contributed by atoms with Gasteiger partial charge in [0, 0.05) is 42.4 Å². The van der Waals surface area contributed by atoms with Gasteiger partial charge in [-0.1, -0.05) is 72.3 Å². The standard InChI is InChI=1S/C28H28ClNO/c29-21-11-9-20(10-12-21)17-27(31)13-15-30(16-14-27)19-28-18-24(22-5-1-3-7-25(22)28)23-6-2-4-8-26(23)28/h1-12,24,31H,13-19H2. The van der Waals surface area contributed by atoms with E-state index in [1.165, 1.54) is 28.7 Å². The van der Waals surface area contributed by atoms with E-state index in [1.807, 2.05) is 24.3 Å². The molecule has 2 aliphatic carbocycles. The van der Waals surface area contributed by atoms with E-state index in [9.17, 15) is 5.11 Å². The lowest BCUT2D eigenvalue weighted by molar-refractivity contribution is -0.0237. The third-order valence-corrected chi connectivity index (χ3v) is 8.23. The van der Waals surface area contributed by atoms with Gasteiger partial charge in [0.05, 0.1) is 5.60 Å². The van der Waals surface area contributed by atoms with Crippen LogP contribution in [0.2, 0.25) is 5.02 Å². The van der Waals surface area contributed by atoms with Crippen molar-refractivity contribution in [2.75, 3.05) is 19.6 Å². The lowest BCUT2D eigenvalue weighted by Crippen LogP contribution is -2.49. The molecule has 1 aliphatic heterocycles. The number of likely N-dealkylation sites (tertiary alicyclic amines) is 1. The van der Waals surface area contributed by atoms with Gasteiger partial charge >= 0.3 is 0 Å². The van der Waals surface area contributed by atoms with E-state index in [0.717, 1.165) is 43.1 Å². The Bertz CT molecular complexity index is 1070. The minimum Gasteiger partial charge on any atom is -0.389 e. The van der Waals surface area contributed by atoms with Crippen molar-refractivity contribution in [3.63, 3.8) is 0 Å². The largest absolute Gasteiger partial charge is 0.389 e. The van der Waals surface area contributed by atoms with Crippen LogP contribution in [0.3, 0.4) is 0 Å². The molecule has 2 nitrogen and oxygen atoms in total. The van der Waals surface area contributed by atoms with Crippen molar-refractivity contribution >= 4 is 11.6 Å². The molecule has 31 heavy (non-hydrogen) atoms. The fourth-order valence-electron chi connectivity index (χ4n) is 6.48. The summed E-state index contributed by atoms with van der Waals surface area (Å²) in [5, 5.41) is 12.0. The number of hydrogen-bond donors (Lipinski definition) is 1. The summed E-state index contributed by atoms with van der Waals surface area (Å²) in [4.78, 5) is 2.59. The molecule has 6 rings (SSSR count). The summed E-state index contributed by atoms with van der Waals surface area (Å²) in [6.45, 7) is 2.94. The summed E-state index contributed by atoms with van der Waals surface area (Å²) in [5.74, 6) is 0.541. The van der Waals surface area contributed by atoms with Crippen LogP contribution in [0, 0.1) is 0 Å². The third-order valence-electron chi connectivity index (χ3n) is 7.98. The van der Waals surface area contributed by atoms with Gasteiger partial charge in [0.15, 0.2) is 0 Å². The number of piperidine rings is 1. The molecule has 0 atom stereocenters. The molecule has 0 unspecified atom stereocenters. The van der Waals surface area contributed by atoms with Crippen LogP contribution in [0.25, 0.3) is 0 Å². The van der Waals surface area contributed by atoms with Gasteiger partial charge in [-0.05, 0) is 59.2 Å². The zero-order valence-electron chi connectivity index (χ0n) is 17.7. The number of aliphatic hydroxyl groups is 1. The Morgan fingerprint density at radius 2 is 1.42 bits per heavy atom. The molecule has 0 saturated carbocycles. The monoisotopic (exact) mass is 429 g/mol. The van der Waals surface area contributed by atoms with Gasteiger partial charge in [-0.15, -0.1) is 0 Å². The Kier molecular flexibility index (Phi) is 4.54. The maximum atomic E-state index is 11.3. The summed E-state index contributed by atoms with van der Waals surface area (Å²) < 4.78 is 0. The Morgan fingerprint density at radius 3 is 2.03 bits per heavy atom. The Hall–Kier alpha value is -2.13. The first-order valence-electron chi connectivity index (χ1n) is 11.4. The molecule has 158 valence electrons. The van der Waals surface area contributed by atoms with Crippen LogP contribution in [0.4, 0.5) is 0 Å². The third kappa shape index (κ3) is 3.16. The summed E-state index contributed by atoms with van der Waals surface area (Å²) >= 11 is 6.02. The molecule has 1 heterocycles. The number of rotatable bonds is 4. The molecule has 0 radical (unpaired) electrons. The van der Waals surface area contributed by atoms with Crippen molar-refractivity contribution in [3.8, 4) is 0 Å². The van der Waals surface area contributed by atoms with Gasteiger partial charge in [-0.2, -0.15) is 0 Å². The van der Waals surface area contributed by atoms with Gasteiger partial charge in [-0.3, -0.25) is 0 Å². The average Bonchev–Trinajstić information content (AvgIpc) is 3.30. The number of halogens is 1. The van der Waals surface area contributed by atoms with Crippen LogP contribution in [-0.2, 0) is 11.8 Å². The Morgan fingerprint density at radius 1 is 0.839 bits per heavy atom. The molecule has 1 fully saturated rings. The second kappa shape index (κ2) is 7.20. The van der Waals surface area contributed by atoms with E-state index < -0.39 is 5.60 Å².